The molecule has 2 rings (SSSR count). The molecule has 5 heteroatoms. The fraction of sp³-hybridized carbons (Fsp3) is 0.385. The zero-order chi connectivity index (χ0) is 13.1. The molecule has 0 spiro atoms. The predicted octanol–water partition coefficient (Wildman–Crippen LogP) is 2.81. The molecule has 1 aliphatic heterocycles. The first-order valence-electron chi connectivity index (χ1n) is 5.81. The summed E-state index contributed by atoms with van der Waals surface area (Å²) < 4.78 is 5.21. The third kappa shape index (κ3) is 3.01. The maximum absolute atomic E-state index is 11.8. The van der Waals surface area contributed by atoms with Crippen molar-refractivity contribution in [1.29, 1.82) is 0 Å². The molecule has 18 heavy (non-hydrogen) atoms. The van der Waals surface area contributed by atoms with Gasteiger partial charge in [0.05, 0.1) is 6.54 Å². The number of hydrogen-bond donors (Lipinski definition) is 0. The topological polar surface area (TPSA) is 46.6 Å². The average Bonchev–Trinajstić information content (AvgIpc) is 2.34. The summed E-state index contributed by atoms with van der Waals surface area (Å²) in [5, 5.41) is 0.628. The van der Waals surface area contributed by atoms with E-state index in [-0.39, 0.29) is 12.3 Å². The first kappa shape index (κ1) is 12.9. The number of nitrogens with zero attached hydrogens (tertiary/aromatic N) is 1. The first-order valence-corrected chi connectivity index (χ1v) is 6.18. The monoisotopic (exact) mass is 267 g/mol. The summed E-state index contributed by atoms with van der Waals surface area (Å²) in [4.78, 5) is 24.5. The van der Waals surface area contributed by atoms with Gasteiger partial charge in [-0.25, -0.2) is 4.79 Å². The number of carbonyl (C=O) groups excluding carboxylic acids is 2. The maximum Gasteiger partial charge on any atom is 0.415 e. The van der Waals surface area contributed by atoms with Gasteiger partial charge < -0.3 is 9.64 Å². The first-order chi connectivity index (χ1) is 8.56. The highest BCUT2D eigenvalue weighted by atomic mass is 35.5. The maximum atomic E-state index is 11.8. The van der Waals surface area contributed by atoms with Gasteiger partial charge in [-0.2, -0.15) is 0 Å². The minimum absolute atomic E-state index is 0.0745. The molecule has 0 atom stereocenters. The Labute approximate surface area is 110 Å². The number of ketones is 1. The highest BCUT2D eigenvalue weighted by molar-refractivity contribution is 6.31. The van der Waals surface area contributed by atoms with Crippen LogP contribution in [-0.2, 0) is 4.79 Å². The van der Waals surface area contributed by atoms with E-state index in [0.717, 1.165) is 5.56 Å². The van der Waals surface area contributed by atoms with Crippen LogP contribution in [0.25, 0.3) is 0 Å². The quantitative estimate of drug-likeness (QED) is 0.786. The Hall–Kier alpha value is -1.55. The van der Waals surface area contributed by atoms with Gasteiger partial charge in [0.2, 0.25) is 0 Å². The van der Waals surface area contributed by atoms with E-state index in [1.807, 2.05) is 6.92 Å². The molecule has 0 aromatic heterocycles. The summed E-state index contributed by atoms with van der Waals surface area (Å²) in [6.45, 7) is 2.55. The zero-order valence-corrected chi connectivity index (χ0v) is 10.9. The summed E-state index contributed by atoms with van der Waals surface area (Å²) in [5.41, 5.74) is 0.844. The van der Waals surface area contributed by atoms with E-state index in [1.54, 1.807) is 18.2 Å². The lowest BCUT2D eigenvalue weighted by Crippen LogP contribution is -2.41. The van der Waals surface area contributed by atoms with E-state index in [2.05, 4.69) is 0 Å². The molecule has 0 N–H and O–H groups in total. The Kier molecular flexibility index (Phi) is 3.87. The van der Waals surface area contributed by atoms with Crippen molar-refractivity contribution in [2.45, 2.75) is 19.8 Å². The number of rotatable bonds is 1. The fourth-order valence-corrected chi connectivity index (χ4v) is 1.96. The van der Waals surface area contributed by atoms with E-state index in [1.165, 1.54) is 4.90 Å². The number of ether oxygens (including phenoxy) is 1. The number of carbonyl (C=O) groups is 2. The second-order valence-electron chi connectivity index (χ2n) is 4.34. The van der Waals surface area contributed by atoms with Gasteiger partial charge in [-0.15, -0.1) is 0 Å². The van der Waals surface area contributed by atoms with E-state index >= 15 is 0 Å². The standard InChI is InChI=1S/C13H14ClNO3/c1-9-7-11(4-5-12(9)14)18-13(17)15-6-2-3-10(16)8-15/h4-5,7H,2-3,6,8H2,1H3. The molecular formula is C13H14ClNO3. The molecule has 4 nitrogen and oxygen atoms in total. The summed E-state index contributed by atoms with van der Waals surface area (Å²) >= 11 is 5.89. The van der Waals surface area contributed by atoms with Crippen molar-refractivity contribution in [2.24, 2.45) is 0 Å². The van der Waals surface area contributed by atoms with Crippen molar-refractivity contribution in [1.82, 2.24) is 4.90 Å². The summed E-state index contributed by atoms with van der Waals surface area (Å²) in [7, 11) is 0. The zero-order valence-electron chi connectivity index (χ0n) is 10.1. The molecule has 0 radical (unpaired) electrons. The van der Waals surface area contributed by atoms with Crippen LogP contribution in [0.2, 0.25) is 5.02 Å². The van der Waals surface area contributed by atoms with E-state index in [0.29, 0.717) is 30.2 Å². The lowest BCUT2D eigenvalue weighted by atomic mass is 10.1. The number of amides is 1. The molecule has 1 heterocycles. The van der Waals surface area contributed by atoms with Gasteiger partial charge in [0, 0.05) is 18.0 Å². The van der Waals surface area contributed by atoms with Gasteiger partial charge >= 0.3 is 6.09 Å². The van der Waals surface area contributed by atoms with Crippen LogP contribution in [0.3, 0.4) is 0 Å². The van der Waals surface area contributed by atoms with Crippen LogP contribution in [0.4, 0.5) is 4.79 Å². The van der Waals surface area contributed by atoms with Crippen molar-refractivity contribution in [3.05, 3.63) is 28.8 Å². The van der Waals surface area contributed by atoms with Gasteiger partial charge in [0.15, 0.2) is 5.78 Å². The van der Waals surface area contributed by atoms with Crippen molar-refractivity contribution < 1.29 is 14.3 Å². The molecule has 0 saturated carbocycles. The summed E-state index contributed by atoms with van der Waals surface area (Å²) in [5.74, 6) is 0.519. The number of halogens is 1. The Morgan fingerprint density at radius 3 is 2.89 bits per heavy atom. The average molecular weight is 268 g/mol. The van der Waals surface area contributed by atoms with Gasteiger partial charge in [-0.05, 0) is 37.1 Å². The molecule has 1 amide bonds. The van der Waals surface area contributed by atoms with Crippen molar-refractivity contribution in [2.75, 3.05) is 13.1 Å². The van der Waals surface area contributed by atoms with E-state index < -0.39 is 6.09 Å². The molecule has 1 aromatic rings. The number of benzene rings is 1. The molecule has 0 aliphatic carbocycles. The minimum Gasteiger partial charge on any atom is -0.410 e. The van der Waals surface area contributed by atoms with Gasteiger partial charge in [0.1, 0.15) is 5.75 Å². The van der Waals surface area contributed by atoms with Crippen LogP contribution < -0.4 is 4.74 Å². The Morgan fingerprint density at radius 2 is 2.22 bits per heavy atom. The lowest BCUT2D eigenvalue weighted by molar-refractivity contribution is -0.121. The fourth-order valence-electron chi connectivity index (χ4n) is 1.84. The second kappa shape index (κ2) is 5.40. The summed E-state index contributed by atoms with van der Waals surface area (Å²) in [6.07, 6.45) is 0.766. The Morgan fingerprint density at radius 1 is 1.44 bits per heavy atom. The molecular weight excluding hydrogens is 254 g/mol. The van der Waals surface area contributed by atoms with Crippen LogP contribution in [0.15, 0.2) is 18.2 Å². The van der Waals surface area contributed by atoms with Gasteiger partial charge in [-0.3, -0.25) is 4.79 Å². The van der Waals surface area contributed by atoms with Crippen LogP contribution in [0, 0.1) is 6.92 Å². The summed E-state index contributed by atoms with van der Waals surface area (Å²) in [6, 6.07) is 5.02. The highest BCUT2D eigenvalue weighted by Crippen LogP contribution is 2.21. The molecule has 96 valence electrons. The van der Waals surface area contributed by atoms with Gasteiger partial charge in [0.25, 0.3) is 0 Å². The van der Waals surface area contributed by atoms with Crippen LogP contribution in [0.1, 0.15) is 18.4 Å². The third-order valence-electron chi connectivity index (χ3n) is 2.84. The van der Waals surface area contributed by atoms with Crippen molar-refractivity contribution in [3.8, 4) is 5.75 Å². The highest BCUT2D eigenvalue weighted by Gasteiger charge is 2.23. The molecule has 1 aromatic carbocycles. The largest absolute Gasteiger partial charge is 0.415 e. The van der Waals surface area contributed by atoms with Crippen LogP contribution >= 0.6 is 11.6 Å². The number of piperidine rings is 1. The Balaban J connectivity index is 2.02. The third-order valence-corrected chi connectivity index (χ3v) is 3.27. The number of Topliss-reactive ketones (excluding diaryl/α,β-unsaturated/α-hetero) is 1. The van der Waals surface area contributed by atoms with E-state index in [4.69, 9.17) is 16.3 Å². The molecule has 0 bridgehead atoms. The number of aryl methyl sites for hydroxylation is 1. The molecule has 1 fully saturated rings. The van der Waals surface area contributed by atoms with E-state index in [9.17, 15) is 9.59 Å². The number of hydrogen-bond acceptors (Lipinski definition) is 3. The van der Waals surface area contributed by atoms with Crippen molar-refractivity contribution >= 4 is 23.5 Å². The van der Waals surface area contributed by atoms with Crippen LogP contribution in [-0.4, -0.2) is 29.9 Å². The Bertz CT molecular complexity index is 487. The molecule has 0 unspecified atom stereocenters. The second-order valence-corrected chi connectivity index (χ2v) is 4.75. The van der Waals surface area contributed by atoms with Crippen LogP contribution in [0.5, 0.6) is 5.75 Å². The van der Waals surface area contributed by atoms with Crippen molar-refractivity contribution in [3.63, 3.8) is 0 Å². The van der Waals surface area contributed by atoms with Gasteiger partial charge in [-0.1, -0.05) is 11.6 Å². The minimum atomic E-state index is -0.482. The SMILES string of the molecule is Cc1cc(OC(=O)N2CCCC(=O)C2)ccc1Cl. The number of likely N-dealkylation sites (tertiary alicyclic amines) is 1. The predicted molar refractivity (Wildman–Crippen MR) is 68.0 cm³/mol. The normalized spacial score (nSPS) is 15.7. The molecule has 1 saturated heterocycles. The lowest BCUT2D eigenvalue weighted by Gasteiger charge is -2.24. The smallest absolute Gasteiger partial charge is 0.410 e. The molecule has 1 aliphatic rings.